The number of nitrogens with one attached hydrogen (secondary N) is 1. The van der Waals surface area contributed by atoms with Crippen molar-refractivity contribution in [2.75, 3.05) is 13.2 Å². The lowest BCUT2D eigenvalue weighted by molar-refractivity contribution is -0.142. The Labute approximate surface area is 175 Å². The number of hydrogen-bond donors (Lipinski definition) is 1. The molecule has 2 amide bonds. The molecule has 0 fully saturated rings. The van der Waals surface area contributed by atoms with E-state index in [1.54, 1.807) is 25.1 Å². The van der Waals surface area contributed by atoms with Gasteiger partial charge in [-0.25, -0.2) is 0 Å². The lowest BCUT2D eigenvalue weighted by Crippen LogP contribution is -2.49. The molecule has 2 aromatic carbocycles. The zero-order chi connectivity index (χ0) is 20.7. The van der Waals surface area contributed by atoms with Crippen LogP contribution in [-0.4, -0.2) is 35.9 Å². The Morgan fingerprint density at radius 3 is 2.43 bits per heavy atom. The predicted molar refractivity (Wildman–Crippen MR) is 112 cm³/mol. The first kappa shape index (κ1) is 22.1. The van der Waals surface area contributed by atoms with Crippen molar-refractivity contribution in [3.05, 3.63) is 63.6 Å². The molecule has 1 atom stereocenters. The first-order chi connectivity index (χ1) is 13.3. The highest BCUT2D eigenvalue weighted by Crippen LogP contribution is 2.27. The first-order valence-corrected chi connectivity index (χ1v) is 9.78. The maximum atomic E-state index is 12.9. The Bertz CT molecular complexity index is 825. The molecule has 0 aromatic heterocycles. The number of ether oxygens (including phenoxy) is 1. The highest BCUT2D eigenvalue weighted by molar-refractivity contribution is 6.35. The number of amides is 2. The maximum absolute atomic E-state index is 12.9. The summed E-state index contributed by atoms with van der Waals surface area (Å²) in [5, 5.41) is 3.56. The van der Waals surface area contributed by atoms with Gasteiger partial charge < -0.3 is 15.0 Å². The molecule has 5 nitrogen and oxygen atoms in total. The van der Waals surface area contributed by atoms with Gasteiger partial charge in [0.05, 0.1) is 5.02 Å². The van der Waals surface area contributed by atoms with Crippen LogP contribution in [0.4, 0.5) is 0 Å². The fraction of sp³-hybridized carbons (Fsp3) is 0.333. The number of rotatable bonds is 8. The lowest BCUT2D eigenvalue weighted by Gasteiger charge is -2.28. The Morgan fingerprint density at radius 2 is 1.82 bits per heavy atom. The van der Waals surface area contributed by atoms with Crippen molar-refractivity contribution in [2.45, 2.75) is 33.4 Å². The second kappa shape index (κ2) is 10.3. The van der Waals surface area contributed by atoms with Gasteiger partial charge in [0, 0.05) is 18.1 Å². The monoisotopic (exact) mass is 422 g/mol. The maximum Gasteiger partial charge on any atom is 0.261 e. The van der Waals surface area contributed by atoms with Gasteiger partial charge in [0.1, 0.15) is 11.8 Å². The number of halogens is 2. The van der Waals surface area contributed by atoms with E-state index in [2.05, 4.69) is 5.32 Å². The fourth-order valence-electron chi connectivity index (χ4n) is 2.61. The topological polar surface area (TPSA) is 58.6 Å². The van der Waals surface area contributed by atoms with E-state index in [4.69, 9.17) is 27.9 Å². The number of hydrogen-bond acceptors (Lipinski definition) is 3. The van der Waals surface area contributed by atoms with Gasteiger partial charge in [0.25, 0.3) is 5.91 Å². The number of benzene rings is 2. The largest absolute Gasteiger partial charge is 0.482 e. The molecule has 0 aliphatic carbocycles. The molecule has 0 heterocycles. The van der Waals surface area contributed by atoms with Crippen LogP contribution >= 0.6 is 23.2 Å². The summed E-state index contributed by atoms with van der Waals surface area (Å²) >= 11 is 12.0. The SMILES string of the molecule is CCNC(=O)[C@@H](C)N(Cc1ccc(C)cc1)C(=O)COc1ccc(Cl)cc1Cl. The van der Waals surface area contributed by atoms with Crippen LogP contribution < -0.4 is 10.1 Å². The minimum Gasteiger partial charge on any atom is -0.482 e. The molecule has 0 aliphatic heterocycles. The number of likely N-dealkylation sites (N-methyl/N-ethyl adjacent to an activating group) is 1. The normalized spacial score (nSPS) is 11.6. The van der Waals surface area contributed by atoms with Crippen molar-refractivity contribution in [1.29, 1.82) is 0 Å². The van der Waals surface area contributed by atoms with Crippen molar-refractivity contribution >= 4 is 35.0 Å². The fourth-order valence-corrected chi connectivity index (χ4v) is 3.07. The Balaban J connectivity index is 2.15. The zero-order valence-electron chi connectivity index (χ0n) is 16.2. The minimum absolute atomic E-state index is 0.215. The molecule has 0 saturated heterocycles. The second-order valence-electron chi connectivity index (χ2n) is 6.44. The van der Waals surface area contributed by atoms with E-state index in [1.807, 2.05) is 38.1 Å². The van der Waals surface area contributed by atoms with Gasteiger partial charge in [-0.05, 0) is 44.5 Å². The molecular weight excluding hydrogens is 399 g/mol. The quantitative estimate of drug-likeness (QED) is 0.691. The summed E-state index contributed by atoms with van der Waals surface area (Å²) in [6, 6.07) is 12.0. The average molecular weight is 423 g/mol. The Hall–Kier alpha value is -2.24. The van der Waals surface area contributed by atoms with E-state index in [1.165, 1.54) is 4.90 Å². The minimum atomic E-state index is -0.641. The number of nitrogens with zero attached hydrogens (tertiary/aromatic N) is 1. The summed E-state index contributed by atoms with van der Waals surface area (Å²) in [5.74, 6) is -0.168. The molecule has 150 valence electrons. The van der Waals surface area contributed by atoms with Crippen molar-refractivity contribution in [2.24, 2.45) is 0 Å². The standard InChI is InChI=1S/C21H24Cl2N2O3/c1-4-24-21(27)15(3)25(12-16-7-5-14(2)6-8-16)20(26)13-28-19-10-9-17(22)11-18(19)23/h5-11,15H,4,12-13H2,1-3H3,(H,24,27)/t15-/m1/s1. The highest BCUT2D eigenvalue weighted by Gasteiger charge is 2.26. The molecule has 1 N–H and O–H groups in total. The van der Waals surface area contributed by atoms with Gasteiger partial charge in [-0.3, -0.25) is 9.59 Å². The smallest absolute Gasteiger partial charge is 0.261 e. The number of carbonyl (C=O) groups is 2. The number of carbonyl (C=O) groups excluding carboxylic acids is 2. The van der Waals surface area contributed by atoms with Gasteiger partial charge in [-0.15, -0.1) is 0 Å². The zero-order valence-corrected chi connectivity index (χ0v) is 17.7. The lowest BCUT2D eigenvalue weighted by atomic mass is 10.1. The van der Waals surface area contributed by atoms with Gasteiger partial charge in [-0.1, -0.05) is 53.0 Å². The van der Waals surface area contributed by atoms with Crippen molar-refractivity contribution in [1.82, 2.24) is 10.2 Å². The summed E-state index contributed by atoms with van der Waals surface area (Å²) in [5.41, 5.74) is 2.05. The van der Waals surface area contributed by atoms with E-state index in [9.17, 15) is 9.59 Å². The predicted octanol–water partition coefficient (Wildman–Crippen LogP) is 4.23. The van der Waals surface area contributed by atoms with Crippen LogP contribution in [0, 0.1) is 6.92 Å². The number of aryl methyl sites for hydroxylation is 1. The Kier molecular flexibility index (Phi) is 8.15. The average Bonchev–Trinajstić information content (AvgIpc) is 2.66. The molecule has 0 bridgehead atoms. The second-order valence-corrected chi connectivity index (χ2v) is 7.28. The molecule has 2 rings (SSSR count). The molecule has 0 spiro atoms. The summed E-state index contributed by atoms with van der Waals surface area (Å²) in [6.45, 7) is 6.08. The summed E-state index contributed by atoms with van der Waals surface area (Å²) in [4.78, 5) is 26.7. The van der Waals surface area contributed by atoms with Crippen LogP contribution in [0.1, 0.15) is 25.0 Å². The molecule has 0 unspecified atom stereocenters. The summed E-state index contributed by atoms with van der Waals surface area (Å²) in [6.07, 6.45) is 0. The van der Waals surface area contributed by atoms with Gasteiger partial charge in [-0.2, -0.15) is 0 Å². The molecule has 0 saturated carbocycles. The van der Waals surface area contributed by atoms with Crippen LogP contribution in [-0.2, 0) is 16.1 Å². The summed E-state index contributed by atoms with van der Waals surface area (Å²) < 4.78 is 5.57. The molecule has 0 radical (unpaired) electrons. The van der Waals surface area contributed by atoms with E-state index in [-0.39, 0.29) is 18.4 Å². The molecule has 28 heavy (non-hydrogen) atoms. The summed E-state index contributed by atoms with van der Waals surface area (Å²) in [7, 11) is 0. The molecule has 2 aromatic rings. The van der Waals surface area contributed by atoms with Crippen LogP contribution in [0.25, 0.3) is 0 Å². The molecule has 0 aliphatic rings. The first-order valence-electron chi connectivity index (χ1n) is 9.02. The van der Waals surface area contributed by atoms with E-state index >= 15 is 0 Å². The third-order valence-corrected chi connectivity index (χ3v) is 4.77. The van der Waals surface area contributed by atoms with Gasteiger partial charge >= 0.3 is 0 Å². The third kappa shape index (κ3) is 6.14. The molecule has 7 heteroatoms. The van der Waals surface area contributed by atoms with Gasteiger partial charge in [0.2, 0.25) is 5.91 Å². The van der Waals surface area contributed by atoms with Crippen LogP contribution in [0.2, 0.25) is 10.0 Å². The third-order valence-electron chi connectivity index (χ3n) is 4.24. The van der Waals surface area contributed by atoms with Crippen LogP contribution in [0.15, 0.2) is 42.5 Å². The van der Waals surface area contributed by atoms with Crippen molar-refractivity contribution in [3.8, 4) is 5.75 Å². The van der Waals surface area contributed by atoms with Crippen molar-refractivity contribution in [3.63, 3.8) is 0 Å². The highest BCUT2D eigenvalue weighted by atomic mass is 35.5. The van der Waals surface area contributed by atoms with Gasteiger partial charge in [0.15, 0.2) is 6.61 Å². The van der Waals surface area contributed by atoms with Crippen molar-refractivity contribution < 1.29 is 14.3 Å². The Morgan fingerprint density at radius 1 is 1.14 bits per heavy atom. The van der Waals surface area contributed by atoms with E-state index in [0.717, 1.165) is 11.1 Å². The van der Waals surface area contributed by atoms with E-state index < -0.39 is 6.04 Å². The van der Waals surface area contributed by atoms with Crippen LogP contribution in [0.5, 0.6) is 5.75 Å². The van der Waals surface area contributed by atoms with Crippen LogP contribution in [0.3, 0.4) is 0 Å². The van der Waals surface area contributed by atoms with E-state index in [0.29, 0.717) is 28.9 Å². The molecular formula is C21H24Cl2N2O3.